The highest BCUT2D eigenvalue weighted by molar-refractivity contribution is 6.29. The van der Waals surface area contributed by atoms with Gasteiger partial charge in [0.15, 0.2) is 0 Å². The molecule has 0 unspecified atom stereocenters. The Morgan fingerprint density at radius 3 is 2.72 bits per heavy atom. The summed E-state index contributed by atoms with van der Waals surface area (Å²) in [6, 6.07) is 11.9. The Balaban J connectivity index is 2.16. The van der Waals surface area contributed by atoms with Gasteiger partial charge in [0.05, 0.1) is 11.2 Å². The quantitative estimate of drug-likeness (QED) is 0.623. The van der Waals surface area contributed by atoms with Gasteiger partial charge in [0, 0.05) is 22.7 Å². The average molecular weight is 256 g/mol. The van der Waals surface area contributed by atoms with Crippen LogP contribution in [0, 0.1) is 6.92 Å². The van der Waals surface area contributed by atoms with E-state index in [4.69, 9.17) is 11.6 Å². The van der Waals surface area contributed by atoms with Gasteiger partial charge in [-0.1, -0.05) is 23.7 Å². The first-order valence-corrected chi connectivity index (χ1v) is 5.95. The lowest BCUT2D eigenvalue weighted by Crippen LogP contribution is -1.87. The molecule has 3 rings (SSSR count). The number of rotatable bonds is 1. The molecule has 88 valence electrons. The van der Waals surface area contributed by atoms with Crippen molar-refractivity contribution in [2.45, 2.75) is 6.92 Å². The summed E-state index contributed by atoms with van der Waals surface area (Å²) in [6.45, 7) is 1.98. The van der Waals surface area contributed by atoms with E-state index in [0.29, 0.717) is 5.15 Å². The molecular weight excluding hydrogens is 246 g/mol. The van der Waals surface area contributed by atoms with Crippen LogP contribution in [0.5, 0.6) is 0 Å². The second-order valence-corrected chi connectivity index (χ2v) is 4.47. The number of fused-ring (bicyclic) bond motifs is 1. The van der Waals surface area contributed by atoms with Crippen molar-refractivity contribution in [2.24, 2.45) is 0 Å². The van der Waals surface area contributed by atoms with Gasteiger partial charge in [0.1, 0.15) is 11.5 Å². The molecule has 0 amide bonds. The first-order valence-electron chi connectivity index (χ1n) is 5.58. The molecule has 0 radical (unpaired) electrons. The van der Waals surface area contributed by atoms with Crippen molar-refractivity contribution in [2.75, 3.05) is 0 Å². The summed E-state index contributed by atoms with van der Waals surface area (Å²) in [5.74, 6) is 0. The molecule has 3 nitrogen and oxygen atoms in total. The normalized spacial score (nSPS) is 10.8. The molecule has 2 aromatic heterocycles. The number of nitrogens with zero attached hydrogens (tertiary/aromatic N) is 3. The Morgan fingerprint density at radius 2 is 1.89 bits per heavy atom. The standard InChI is InChI=1S/C14H10ClN3/c1-9-2-3-10-6-11(4-5-12(10)18-9)13-7-14(15)17-8-16-13/h2-8H,1H3. The van der Waals surface area contributed by atoms with Gasteiger partial charge in [-0.25, -0.2) is 9.97 Å². The van der Waals surface area contributed by atoms with Gasteiger partial charge in [-0.15, -0.1) is 0 Å². The van der Waals surface area contributed by atoms with Crippen LogP contribution in [0.1, 0.15) is 5.69 Å². The second kappa shape index (κ2) is 4.35. The minimum atomic E-state index is 0.446. The minimum absolute atomic E-state index is 0.446. The van der Waals surface area contributed by atoms with E-state index in [-0.39, 0.29) is 0 Å². The molecular formula is C14H10ClN3. The molecule has 0 N–H and O–H groups in total. The first-order chi connectivity index (χ1) is 8.72. The highest BCUT2D eigenvalue weighted by Gasteiger charge is 2.03. The summed E-state index contributed by atoms with van der Waals surface area (Å²) in [7, 11) is 0. The van der Waals surface area contributed by atoms with Gasteiger partial charge in [-0.2, -0.15) is 0 Å². The average Bonchev–Trinajstić information content (AvgIpc) is 2.38. The summed E-state index contributed by atoms with van der Waals surface area (Å²) in [5, 5.41) is 1.54. The number of pyridine rings is 1. The number of aromatic nitrogens is 3. The van der Waals surface area contributed by atoms with Crippen molar-refractivity contribution in [3.05, 3.63) is 53.6 Å². The fourth-order valence-electron chi connectivity index (χ4n) is 1.88. The fraction of sp³-hybridized carbons (Fsp3) is 0.0714. The van der Waals surface area contributed by atoms with E-state index in [0.717, 1.165) is 27.9 Å². The summed E-state index contributed by atoms with van der Waals surface area (Å²) >= 11 is 5.87. The van der Waals surface area contributed by atoms with E-state index in [2.05, 4.69) is 27.1 Å². The lowest BCUT2D eigenvalue weighted by molar-refractivity contribution is 1.17. The molecule has 0 atom stereocenters. The zero-order chi connectivity index (χ0) is 12.5. The third kappa shape index (κ3) is 2.05. The highest BCUT2D eigenvalue weighted by Crippen LogP contribution is 2.23. The molecule has 3 aromatic rings. The number of benzene rings is 1. The number of halogens is 1. The lowest BCUT2D eigenvalue weighted by Gasteiger charge is -2.03. The molecule has 0 saturated carbocycles. The van der Waals surface area contributed by atoms with Crippen molar-refractivity contribution < 1.29 is 0 Å². The van der Waals surface area contributed by atoms with E-state index in [1.807, 2.05) is 25.1 Å². The molecule has 0 aliphatic rings. The minimum Gasteiger partial charge on any atom is -0.253 e. The van der Waals surface area contributed by atoms with Crippen LogP contribution in [-0.4, -0.2) is 15.0 Å². The van der Waals surface area contributed by atoms with Crippen LogP contribution >= 0.6 is 11.6 Å². The Kier molecular flexibility index (Phi) is 2.68. The van der Waals surface area contributed by atoms with Gasteiger partial charge in [0.25, 0.3) is 0 Å². The second-order valence-electron chi connectivity index (χ2n) is 4.09. The largest absolute Gasteiger partial charge is 0.253 e. The summed E-state index contributed by atoms with van der Waals surface area (Å²) in [5.41, 5.74) is 3.83. The van der Waals surface area contributed by atoms with Crippen molar-refractivity contribution >= 4 is 22.5 Å². The molecule has 0 fully saturated rings. The van der Waals surface area contributed by atoms with Gasteiger partial charge < -0.3 is 0 Å². The van der Waals surface area contributed by atoms with Crippen LogP contribution < -0.4 is 0 Å². The summed E-state index contributed by atoms with van der Waals surface area (Å²) in [6.07, 6.45) is 1.47. The third-order valence-corrected chi connectivity index (χ3v) is 2.96. The Labute approximate surface area is 109 Å². The summed E-state index contributed by atoms with van der Waals surface area (Å²) < 4.78 is 0. The lowest BCUT2D eigenvalue weighted by atomic mass is 10.1. The van der Waals surface area contributed by atoms with Crippen LogP contribution in [0.2, 0.25) is 5.15 Å². The van der Waals surface area contributed by atoms with Gasteiger partial charge in [-0.05, 0) is 25.1 Å². The molecule has 2 heterocycles. The molecule has 0 saturated heterocycles. The van der Waals surface area contributed by atoms with E-state index >= 15 is 0 Å². The molecule has 1 aromatic carbocycles. The van der Waals surface area contributed by atoms with E-state index in [1.165, 1.54) is 6.33 Å². The summed E-state index contributed by atoms with van der Waals surface area (Å²) in [4.78, 5) is 12.6. The zero-order valence-electron chi connectivity index (χ0n) is 9.76. The third-order valence-electron chi connectivity index (χ3n) is 2.76. The van der Waals surface area contributed by atoms with E-state index in [9.17, 15) is 0 Å². The van der Waals surface area contributed by atoms with Crippen molar-refractivity contribution in [1.29, 1.82) is 0 Å². The van der Waals surface area contributed by atoms with Crippen LogP contribution in [-0.2, 0) is 0 Å². The molecule has 4 heteroatoms. The van der Waals surface area contributed by atoms with Crippen LogP contribution in [0.15, 0.2) is 42.7 Å². The maximum Gasteiger partial charge on any atom is 0.133 e. The fourth-order valence-corrected chi connectivity index (χ4v) is 2.03. The SMILES string of the molecule is Cc1ccc2cc(-c3cc(Cl)ncn3)ccc2n1. The number of hydrogen-bond acceptors (Lipinski definition) is 3. The molecule has 0 spiro atoms. The van der Waals surface area contributed by atoms with Crippen LogP contribution in [0.25, 0.3) is 22.2 Å². The van der Waals surface area contributed by atoms with Gasteiger partial charge >= 0.3 is 0 Å². The highest BCUT2D eigenvalue weighted by atomic mass is 35.5. The van der Waals surface area contributed by atoms with E-state index in [1.54, 1.807) is 6.07 Å². The maximum absolute atomic E-state index is 5.87. The Hall–Kier alpha value is -2.00. The predicted octanol–water partition coefficient (Wildman–Crippen LogP) is 3.65. The zero-order valence-corrected chi connectivity index (χ0v) is 10.5. The van der Waals surface area contributed by atoms with Crippen LogP contribution in [0.4, 0.5) is 0 Å². The van der Waals surface area contributed by atoms with Gasteiger partial charge in [0.2, 0.25) is 0 Å². The monoisotopic (exact) mass is 255 g/mol. The predicted molar refractivity (Wildman–Crippen MR) is 72.5 cm³/mol. The van der Waals surface area contributed by atoms with Crippen molar-refractivity contribution in [3.8, 4) is 11.3 Å². The Bertz CT molecular complexity index is 725. The van der Waals surface area contributed by atoms with Crippen molar-refractivity contribution in [3.63, 3.8) is 0 Å². The Morgan fingerprint density at radius 1 is 1.00 bits per heavy atom. The molecule has 0 aliphatic carbocycles. The first kappa shape index (κ1) is 11.1. The smallest absolute Gasteiger partial charge is 0.133 e. The van der Waals surface area contributed by atoms with Crippen LogP contribution in [0.3, 0.4) is 0 Å². The van der Waals surface area contributed by atoms with Gasteiger partial charge in [-0.3, -0.25) is 4.98 Å². The van der Waals surface area contributed by atoms with Crippen molar-refractivity contribution in [1.82, 2.24) is 15.0 Å². The number of aryl methyl sites for hydroxylation is 1. The molecule has 18 heavy (non-hydrogen) atoms. The molecule has 0 aliphatic heterocycles. The molecule has 0 bridgehead atoms. The topological polar surface area (TPSA) is 38.7 Å². The number of hydrogen-bond donors (Lipinski definition) is 0. The van der Waals surface area contributed by atoms with E-state index < -0.39 is 0 Å². The maximum atomic E-state index is 5.87.